The maximum absolute atomic E-state index is 12.4. The van der Waals surface area contributed by atoms with Crippen LogP contribution in [0, 0.1) is 0 Å². The number of rotatable bonds is 5. The molecule has 1 fully saturated rings. The molecule has 0 saturated heterocycles. The number of hydrogen-bond acceptors (Lipinski definition) is 3. The summed E-state index contributed by atoms with van der Waals surface area (Å²) in [7, 11) is 1.77. The van der Waals surface area contributed by atoms with Crippen molar-refractivity contribution in [3.63, 3.8) is 0 Å². The maximum Gasteiger partial charge on any atom is 0.305 e. The summed E-state index contributed by atoms with van der Waals surface area (Å²) in [5, 5.41) is 11.1. The van der Waals surface area contributed by atoms with Gasteiger partial charge in [0.1, 0.15) is 0 Å². The molecule has 1 heterocycles. The number of likely N-dealkylation sites (N-methyl/N-ethyl adjacent to an activating group) is 1. The molecule has 1 amide bonds. The van der Waals surface area contributed by atoms with Crippen LogP contribution in [-0.4, -0.2) is 34.5 Å². The Kier molecular flexibility index (Phi) is 4.81. The van der Waals surface area contributed by atoms with E-state index in [0.717, 1.165) is 37.0 Å². The lowest BCUT2D eigenvalue weighted by molar-refractivity contribution is -0.145. The van der Waals surface area contributed by atoms with E-state index in [4.69, 9.17) is 0 Å². The summed E-state index contributed by atoms with van der Waals surface area (Å²) in [5.74, 6) is -0.793. The minimum atomic E-state index is -0.817. The Morgan fingerprint density at radius 1 is 1.35 bits per heavy atom. The number of thiophene rings is 1. The third-order valence-corrected chi connectivity index (χ3v) is 5.13. The number of aliphatic carboxylic acids is 1. The minimum absolute atomic E-state index is 0.0237. The van der Waals surface area contributed by atoms with Gasteiger partial charge in [-0.05, 0) is 24.3 Å². The Morgan fingerprint density at radius 2 is 2.05 bits per heavy atom. The van der Waals surface area contributed by atoms with Crippen molar-refractivity contribution in [3.8, 4) is 0 Å². The molecule has 110 valence electrons. The first kappa shape index (κ1) is 15.0. The summed E-state index contributed by atoms with van der Waals surface area (Å²) in [5.41, 5.74) is -0.488. The number of carbonyl (C=O) groups excluding carboxylic acids is 1. The van der Waals surface area contributed by atoms with E-state index in [2.05, 4.69) is 0 Å². The molecule has 0 atom stereocenters. The first-order chi connectivity index (χ1) is 9.53. The van der Waals surface area contributed by atoms with Gasteiger partial charge in [-0.25, -0.2) is 0 Å². The standard InChI is InChI=1S/C15H21NO3S/c1-16(13(17)10-12-6-5-9-20-12)15(11-14(18)19)7-3-2-4-8-15/h5-6,9H,2-4,7-8,10-11H2,1H3,(H,18,19). The first-order valence-electron chi connectivity index (χ1n) is 7.04. The van der Waals surface area contributed by atoms with Crippen LogP contribution in [0.3, 0.4) is 0 Å². The van der Waals surface area contributed by atoms with Crippen molar-refractivity contribution in [2.75, 3.05) is 7.05 Å². The summed E-state index contributed by atoms with van der Waals surface area (Å²) in [4.78, 5) is 26.4. The Hall–Kier alpha value is -1.36. The molecule has 1 aromatic rings. The van der Waals surface area contributed by atoms with Gasteiger partial charge in [0.05, 0.1) is 18.4 Å². The second kappa shape index (κ2) is 6.39. The molecule has 20 heavy (non-hydrogen) atoms. The third kappa shape index (κ3) is 3.39. The van der Waals surface area contributed by atoms with Gasteiger partial charge in [0, 0.05) is 11.9 Å². The van der Waals surface area contributed by atoms with Crippen LogP contribution in [0.1, 0.15) is 43.4 Å². The van der Waals surface area contributed by atoms with Crippen LogP contribution >= 0.6 is 11.3 Å². The second-order valence-electron chi connectivity index (χ2n) is 5.56. The smallest absolute Gasteiger partial charge is 0.305 e. The molecule has 0 aromatic carbocycles. The van der Waals surface area contributed by atoms with E-state index >= 15 is 0 Å². The molecule has 0 bridgehead atoms. The fraction of sp³-hybridized carbons (Fsp3) is 0.600. The van der Waals surface area contributed by atoms with Gasteiger partial charge >= 0.3 is 5.97 Å². The van der Waals surface area contributed by atoms with Gasteiger partial charge in [-0.2, -0.15) is 0 Å². The maximum atomic E-state index is 12.4. The Morgan fingerprint density at radius 3 is 2.60 bits per heavy atom. The lowest BCUT2D eigenvalue weighted by Gasteiger charge is -2.44. The number of carboxylic acid groups (broad SMARTS) is 1. The van der Waals surface area contributed by atoms with Crippen molar-refractivity contribution < 1.29 is 14.7 Å². The van der Waals surface area contributed by atoms with Crippen LogP contribution in [-0.2, 0) is 16.0 Å². The number of hydrogen-bond donors (Lipinski definition) is 1. The predicted octanol–water partition coefficient (Wildman–Crippen LogP) is 2.93. The highest BCUT2D eigenvalue weighted by atomic mass is 32.1. The van der Waals surface area contributed by atoms with E-state index in [1.165, 1.54) is 0 Å². The van der Waals surface area contributed by atoms with Crippen LogP contribution in [0.25, 0.3) is 0 Å². The molecular formula is C15H21NO3S. The fourth-order valence-electron chi connectivity index (χ4n) is 3.07. The highest BCUT2D eigenvalue weighted by Gasteiger charge is 2.40. The van der Waals surface area contributed by atoms with Crippen molar-refractivity contribution in [2.24, 2.45) is 0 Å². The predicted molar refractivity (Wildman–Crippen MR) is 78.9 cm³/mol. The topological polar surface area (TPSA) is 57.6 Å². The van der Waals surface area contributed by atoms with Crippen molar-refractivity contribution in [1.29, 1.82) is 0 Å². The molecule has 2 rings (SSSR count). The summed E-state index contributed by atoms with van der Waals surface area (Å²) < 4.78 is 0. The van der Waals surface area contributed by atoms with Crippen LogP contribution in [0.5, 0.6) is 0 Å². The zero-order valence-corrected chi connectivity index (χ0v) is 12.6. The molecule has 0 aliphatic heterocycles. The quantitative estimate of drug-likeness (QED) is 0.908. The summed E-state index contributed by atoms with van der Waals surface area (Å²) in [6.45, 7) is 0. The van der Waals surface area contributed by atoms with Crippen LogP contribution in [0.4, 0.5) is 0 Å². The largest absolute Gasteiger partial charge is 0.481 e. The van der Waals surface area contributed by atoms with E-state index in [1.807, 2.05) is 17.5 Å². The third-order valence-electron chi connectivity index (χ3n) is 4.26. The second-order valence-corrected chi connectivity index (χ2v) is 6.60. The van der Waals surface area contributed by atoms with Gasteiger partial charge in [0.2, 0.25) is 5.91 Å². The van der Waals surface area contributed by atoms with Gasteiger partial charge in [-0.1, -0.05) is 25.3 Å². The van der Waals surface area contributed by atoms with Crippen LogP contribution in [0.2, 0.25) is 0 Å². The number of amides is 1. The van der Waals surface area contributed by atoms with E-state index in [-0.39, 0.29) is 12.3 Å². The number of carboxylic acids is 1. The SMILES string of the molecule is CN(C(=O)Cc1cccs1)C1(CC(=O)O)CCCCC1. The van der Waals surface area contributed by atoms with E-state index in [0.29, 0.717) is 6.42 Å². The van der Waals surface area contributed by atoms with Gasteiger partial charge in [0.15, 0.2) is 0 Å². The first-order valence-corrected chi connectivity index (χ1v) is 7.92. The molecule has 1 saturated carbocycles. The van der Waals surface area contributed by atoms with Crippen molar-refractivity contribution >= 4 is 23.2 Å². The molecule has 0 radical (unpaired) electrons. The average molecular weight is 295 g/mol. The van der Waals surface area contributed by atoms with Crippen molar-refractivity contribution in [1.82, 2.24) is 4.90 Å². The monoisotopic (exact) mass is 295 g/mol. The molecular weight excluding hydrogens is 274 g/mol. The van der Waals surface area contributed by atoms with Crippen molar-refractivity contribution in [2.45, 2.75) is 50.5 Å². The molecule has 1 aromatic heterocycles. The highest BCUT2D eigenvalue weighted by molar-refractivity contribution is 7.10. The molecule has 1 aliphatic rings. The highest BCUT2D eigenvalue weighted by Crippen LogP contribution is 2.36. The van der Waals surface area contributed by atoms with Crippen molar-refractivity contribution in [3.05, 3.63) is 22.4 Å². The fourth-order valence-corrected chi connectivity index (χ4v) is 3.76. The molecule has 1 aliphatic carbocycles. The lowest BCUT2D eigenvalue weighted by atomic mass is 9.78. The van der Waals surface area contributed by atoms with Gasteiger partial charge in [0.25, 0.3) is 0 Å². The summed E-state index contributed by atoms with van der Waals surface area (Å²) >= 11 is 1.56. The number of nitrogens with zero attached hydrogens (tertiary/aromatic N) is 1. The van der Waals surface area contributed by atoms with E-state index in [9.17, 15) is 14.7 Å². The molecule has 5 heteroatoms. The Bertz CT molecular complexity index is 463. The molecule has 4 nitrogen and oxygen atoms in total. The minimum Gasteiger partial charge on any atom is -0.481 e. The van der Waals surface area contributed by atoms with Crippen LogP contribution < -0.4 is 0 Å². The van der Waals surface area contributed by atoms with E-state index < -0.39 is 11.5 Å². The van der Waals surface area contributed by atoms with Gasteiger partial charge in [-0.15, -0.1) is 11.3 Å². The zero-order valence-electron chi connectivity index (χ0n) is 11.8. The number of carbonyl (C=O) groups is 2. The van der Waals surface area contributed by atoms with Gasteiger partial charge in [-0.3, -0.25) is 9.59 Å². The zero-order chi connectivity index (χ0) is 14.6. The lowest BCUT2D eigenvalue weighted by Crippen LogP contribution is -2.52. The van der Waals surface area contributed by atoms with Crippen LogP contribution in [0.15, 0.2) is 17.5 Å². The summed E-state index contributed by atoms with van der Waals surface area (Å²) in [6, 6.07) is 3.88. The average Bonchev–Trinajstić information content (AvgIpc) is 2.91. The molecule has 0 spiro atoms. The van der Waals surface area contributed by atoms with Gasteiger partial charge < -0.3 is 10.0 Å². The molecule has 1 N–H and O–H groups in total. The summed E-state index contributed by atoms with van der Waals surface area (Å²) in [6.07, 6.45) is 5.16. The van der Waals surface area contributed by atoms with E-state index in [1.54, 1.807) is 23.3 Å². The Balaban J connectivity index is 2.10. The Labute approximate surface area is 123 Å². The normalized spacial score (nSPS) is 17.6. The molecule has 0 unspecified atom stereocenters.